The van der Waals surface area contributed by atoms with Gasteiger partial charge in [-0.25, -0.2) is 0 Å². The minimum Gasteiger partial charge on any atom is -0.337 e. The number of halogens is 2. The molecule has 0 unspecified atom stereocenters. The molecule has 3 nitrogen and oxygen atoms in total. The molecule has 1 fully saturated rings. The molecule has 0 aromatic carbocycles. The maximum atomic E-state index is 12.4. The summed E-state index contributed by atoms with van der Waals surface area (Å²) in [7, 11) is 0. The summed E-state index contributed by atoms with van der Waals surface area (Å²) in [5.41, 5.74) is 0. The molecule has 1 N–H and O–H groups in total. The fourth-order valence-electron chi connectivity index (χ4n) is 2.08. The molecular formula is C11H20F2N2O. The zero-order chi connectivity index (χ0) is 12.0. The second-order valence-corrected chi connectivity index (χ2v) is 4.28. The van der Waals surface area contributed by atoms with E-state index in [4.69, 9.17) is 0 Å². The Morgan fingerprint density at radius 3 is 2.56 bits per heavy atom. The van der Waals surface area contributed by atoms with E-state index in [1.165, 1.54) is 4.90 Å². The highest BCUT2D eigenvalue weighted by Gasteiger charge is 2.25. The third-order valence-corrected chi connectivity index (χ3v) is 2.93. The third kappa shape index (κ3) is 4.04. The van der Waals surface area contributed by atoms with Gasteiger partial charge in [0, 0.05) is 13.1 Å². The van der Waals surface area contributed by atoms with Gasteiger partial charge in [-0.05, 0) is 38.3 Å². The van der Waals surface area contributed by atoms with E-state index in [2.05, 4.69) is 5.32 Å². The van der Waals surface area contributed by atoms with Crippen molar-refractivity contribution in [3.8, 4) is 0 Å². The highest BCUT2D eigenvalue weighted by Crippen LogP contribution is 2.15. The number of hydrogen-bond acceptors (Lipinski definition) is 2. The van der Waals surface area contributed by atoms with Crippen LogP contribution in [0.4, 0.5) is 8.78 Å². The van der Waals surface area contributed by atoms with E-state index >= 15 is 0 Å². The predicted molar refractivity (Wildman–Crippen MR) is 58.5 cm³/mol. The van der Waals surface area contributed by atoms with Gasteiger partial charge in [0.15, 0.2) is 0 Å². The highest BCUT2D eigenvalue weighted by atomic mass is 19.3. The lowest BCUT2D eigenvalue weighted by atomic mass is 9.97. The van der Waals surface area contributed by atoms with Gasteiger partial charge in [-0.3, -0.25) is 4.79 Å². The van der Waals surface area contributed by atoms with Crippen molar-refractivity contribution in [2.75, 3.05) is 26.2 Å². The van der Waals surface area contributed by atoms with Gasteiger partial charge in [0.2, 0.25) is 0 Å². The van der Waals surface area contributed by atoms with Crippen LogP contribution in [0.25, 0.3) is 0 Å². The first-order valence-corrected chi connectivity index (χ1v) is 5.92. The number of nitrogens with one attached hydrogen (secondary N) is 1. The Labute approximate surface area is 95.2 Å². The minimum atomic E-state index is -2.87. The van der Waals surface area contributed by atoms with Crippen LogP contribution in [-0.4, -0.2) is 43.4 Å². The predicted octanol–water partition coefficient (Wildman–Crippen LogP) is 1.49. The molecule has 0 spiro atoms. The number of carbonyl (C=O) groups excluding carboxylic acids is 1. The van der Waals surface area contributed by atoms with Gasteiger partial charge in [-0.1, -0.05) is 6.92 Å². The molecule has 1 aliphatic heterocycles. The number of piperidine rings is 1. The van der Waals surface area contributed by atoms with Gasteiger partial charge in [-0.15, -0.1) is 0 Å². The summed E-state index contributed by atoms with van der Waals surface area (Å²) < 4.78 is 24.7. The second kappa shape index (κ2) is 6.78. The minimum absolute atomic E-state index is 0.371. The molecule has 1 aliphatic rings. The van der Waals surface area contributed by atoms with E-state index in [-0.39, 0.29) is 0 Å². The summed E-state index contributed by atoms with van der Waals surface area (Å²) in [4.78, 5) is 12.6. The van der Waals surface area contributed by atoms with Crippen molar-refractivity contribution >= 4 is 5.91 Å². The van der Waals surface area contributed by atoms with Crippen LogP contribution >= 0.6 is 0 Å². The van der Waals surface area contributed by atoms with Crippen LogP contribution in [0.15, 0.2) is 0 Å². The molecule has 0 aromatic rings. The average Bonchev–Trinajstić information content (AvgIpc) is 2.29. The third-order valence-electron chi connectivity index (χ3n) is 2.93. The van der Waals surface area contributed by atoms with E-state index in [9.17, 15) is 13.6 Å². The topological polar surface area (TPSA) is 32.3 Å². The molecule has 16 heavy (non-hydrogen) atoms. The Kier molecular flexibility index (Phi) is 5.66. The zero-order valence-electron chi connectivity index (χ0n) is 9.72. The highest BCUT2D eigenvalue weighted by molar-refractivity contribution is 5.79. The van der Waals surface area contributed by atoms with Crippen LogP contribution in [0, 0.1) is 5.92 Å². The smallest absolute Gasteiger partial charge is 0.315 e. The molecule has 0 bridgehead atoms. The molecule has 94 valence electrons. The van der Waals surface area contributed by atoms with Crippen molar-refractivity contribution < 1.29 is 13.6 Å². The largest absolute Gasteiger partial charge is 0.337 e. The molecular weight excluding hydrogens is 214 g/mol. The van der Waals surface area contributed by atoms with E-state index in [1.54, 1.807) is 0 Å². The van der Waals surface area contributed by atoms with Gasteiger partial charge >= 0.3 is 6.43 Å². The van der Waals surface area contributed by atoms with E-state index < -0.39 is 12.3 Å². The molecule has 5 heteroatoms. The van der Waals surface area contributed by atoms with Crippen molar-refractivity contribution in [2.24, 2.45) is 5.92 Å². The lowest BCUT2D eigenvalue weighted by Crippen LogP contribution is -2.42. The monoisotopic (exact) mass is 234 g/mol. The van der Waals surface area contributed by atoms with Gasteiger partial charge in [-0.2, -0.15) is 8.78 Å². The molecule has 1 saturated heterocycles. The molecule has 0 aliphatic carbocycles. The number of carbonyl (C=O) groups is 1. The first-order chi connectivity index (χ1) is 7.65. The van der Waals surface area contributed by atoms with Gasteiger partial charge in [0.25, 0.3) is 5.91 Å². The quantitative estimate of drug-likeness (QED) is 0.781. The van der Waals surface area contributed by atoms with E-state index in [1.807, 2.05) is 6.92 Å². The van der Waals surface area contributed by atoms with Crippen molar-refractivity contribution in [1.29, 1.82) is 0 Å². The van der Waals surface area contributed by atoms with Crippen LogP contribution in [0.5, 0.6) is 0 Å². The molecule has 1 amide bonds. The molecule has 0 radical (unpaired) electrons. The Morgan fingerprint density at radius 1 is 1.44 bits per heavy atom. The van der Waals surface area contributed by atoms with Crippen molar-refractivity contribution in [3.05, 3.63) is 0 Å². The Morgan fingerprint density at radius 2 is 2.06 bits per heavy atom. The molecule has 0 aromatic heterocycles. The SMILES string of the molecule is CCCN(CC1CCNCC1)C(=O)C(F)F. The van der Waals surface area contributed by atoms with Crippen LogP contribution in [0.2, 0.25) is 0 Å². The van der Waals surface area contributed by atoms with Crippen LogP contribution in [0.1, 0.15) is 26.2 Å². The second-order valence-electron chi connectivity index (χ2n) is 4.28. The number of rotatable bonds is 5. The summed E-state index contributed by atoms with van der Waals surface area (Å²) in [6.45, 7) is 4.67. The maximum absolute atomic E-state index is 12.4. The van der Waals surface area contributed by atoms with Crippen molar-refractivity contribution in [2.45, 2.75) is 32.6 Å². The normalized spacial score (nSPS) is 17.8. The number of hydrogen-bond donors (Lipinski definition) is 1. The van der Waals surface area contributed by atoms with Crippen LogP contribution < -0.4 is 5.32 Å². The van der Waals surface area contributed by atoms with Gasteiger partial charge in [0.05, 0.1) is 0 Å². The van der Waals surface area contributed by atoms with Crippen LogP contribution in [-0.2, 0) is 4.79 Å². The first kappa shape index (κ1) is 13.4. The average molecular weight is 234 g/mol. The lowest BCUT2D eigenvalue weighted by Gasteiger charge is -2.29. The Balaban J connectivity index is 2.45. The van der Waals surface area contributed by atoms with Gasteiger partial charge < -0.3 is 10.2 Å². The van der Waals surface area contributed by atoms with Crippen molar-refractivity contribution in [1.82, 2.24) is 10.2 Å². The summed E-state index contributed by atoms with van der Waals surface area (Å²) in [6.07, 6.45) is -0.204. The maximum Gasteiger partial charge on any atom is 0.315 e. The zero-order valence-corrected chi connectivity index (χ0v) is 9.72. The summed E-state index contributed by atoms with van der Waals surface area (Å²) in [5.74, 6) is -0.643. The Hall–Kier alpha value is -0.710. The van der Waals surface area contributed by atoms with Crippen molar-refractivity contribution in [3.63, 3.8) is 0 Å². The van der Waals surface area contributed by atoms with Crippen LogP contribution in [0.3, 0.4) is 0 Å². The summed E-state index contributed by atoms with van der Waals surface area (Å²) in [5, 5.41) is 3.22. The fourth-order valence-corrected chi connectivity index (χ4v) is 2.08. The molecule has 0 atom stereocenters. The molecule has 1 heterocycles. The number of amides is 1. The first-order valence-electron chi connectivity index (χ1n) is 5.92. The molecule has 1 rings (SSSR count). The van der Waals surface area contributed by atoms with Gasteiger partial charge in [0.1, 0.15) is 0 Å². The fraction of sp³-hybridized carbons (Fsp3) is 0.909. The number of nitrogens with zero attached hydrogens (tertiary/aromatic N) is 1. The standard InChI is InChI=1S/C11H20F2N2O/c1-2-7-15(11(16)10(12)13)8-9-3-5-14-6-4-9/h9-10,14H,2-8H2,1H3. The number of alkyl halides is 2. The molecule has 0 saturated carbocycles. The Bertz CT molecular complexity index is 218. The van der Waals surface area contributed by atoms with E-state index in [0.717, 1.165) is 32.4 Å². The lowest BCUT2D eigenvalue weighted by molar-refractivity contribution is -0.143. The summed E-state index contributed by atoms with van der Waals surface area (Å²) >= 11 is 0. The van der Waals surface area contributed by atoms with E-state index in [0.29, 0.717) is 19.0 Å². The summed E-state index contributed by atoms with van der Waals surface area (Å²) in [6, 6.07) is 0.